The Morgan fingerprint density at radius 1 is 1.00 bits per heavy atom. The molecule has 0 spiro atoms. The van der Waals surface area contributed by atoms with Crippen molar-refractivity contribution >= 4 is 23.3 Å². The van der Waals surface area contributed by atoms with Crippen molar-refractivity contribution < 1.29 is 37.5 Å². The summed E-state index contributed by atoms with van der Waals surface area (Å²) in [4.78, 5) is 33.2. The Morgan fingerprint density at radius 3 is 2.18 bits per heavy atom. The van der Waals surface area contributed by atoms with E-state index in [1.807, 2.05) is 0 Å². The lowest BCUT2D eigenvalue weighted by Gasteiger charge is -2.09. The summed E-state index contributed by atoms with van der Waals surface area (Å²) in [6.07, 6.45) is 0. The number of ether oxygens (including phenoxy) is 3. The first-order chi connectivity index (χ1) is 13.3. The maximum Gasteiger partial charge on any atom is 0.387 e. The van der Waals surface area contributed by atoms with Crippen molar-refractivity contribution in [2.24, 2.45) is 0 Å². The number of rotatable bonds is 9. The average molecular weight is 396 g/mol. The maximum atomic E-state index is 12.1. The number of nitrogens with one attached hydrogen (secondary N) is 1. The molecule has 28 heavy (non-hydrogen) atoms. The topological polar surface area (TPSA) is 117 Å². The number of alkyl halides is 2. The molecule has 0 fully saturated rings. The first kappa shape index (κ1) is 20.6. The molecule has 0 unspecified atom stereocenters. The van der Waals surface area contributed by atoms with Crippen molar-refractivity contribution in [1.29, 1.82) is 0 Å². The second-order valence-corrected chi connectivity index (χ2v) is 5.15. The van der Waals surface area contributed by atoms with E-state index in [1.54, 1.807) is 0 Å². The van der Waals surface area contributed by atoms with Gasteiger partial charge < -0.3 is 19.5 Å². The van der Waals surface area contributed by atoms with E-state index in [0.29, 0.717) is 5.69 Å². The summed E-state index contributed by atoms with van der Waals surface area (Å²) in [6, 6.07) is 10.2. The van der Waals surface area contributed by atoms with E-state index in [-0.39, 0.29) is 17.2 Å². The van der Waals surface area contributed by atoms with Gasteiger partial charge in [0.15, 0.2) is 13.2 Å². The molecule has 9 nitrogen and oxygen atoms in total. The third-order valence-corrected chi connectivity index (χ3v) is 3.13. The van der Waals surface area contributed by atoms with Crippen LogP contribution >= 0.6 is 0 Å². The van der Waals surface area contributed by atoms with Crippen LogP contribution in [0.4, 0.5) is 20.2 Å². The number of esters is 1. The first-order valence-corrected chi connectivity index (χ1v) is 7.71. The van der Waals surface area contributed by atoms with E-state index in [2.05, 4.69) is 10.1 Å². The van der Waals surface area contributed by atoms with Crippen LogP contribution in [-0.4, -0.2) is 36.6 Å². The molecule has 0 aromatic heterocycles. The van der Waals surface area contributed by atoms with Gasteiger partial charge in [0, 0.05) is 17.8 Å². The molecule has 11 heteroatoms. The van der Waals surface area contributed by atoms with E-state index in [9.17, 15) is 28.5 Å². The largest absolute Gasteiger partial charge is 0.482 e. The summed E-state index contributed by atoms with van der Waals surface area (Å²) < 4.78 is 38.1. The number of amides is 1. The zero-order chi connectivity index (χ0) is 20.5. The number of anilines is 1. The van der Waals surface area contributed by atoms with Crippen LogP contribution in [-0.2, 0) is 14.3 Å². The Hall–Kier alpha value is -3.76. The molecule has 0 heterocycles. The van der Waals surface area contributed by atoms with Gasteiger partial charge in [0.25, 0.3) is 11.6 Å². The highest BCUT2D eigenvalue weighted by Gasteiger charge is 2.11. The van der Waals surface area contributed by atoms with Gasteiger partial charge in [-0.3, -0.25) is 14.9 Å². The van der Waals surface area contributed by atoms with Crippen molar-refractivity contribution in [3.8, 4) is 11.5 Å². The standard InChI is InChI=1S/C17H14F2N2O7/c18-17(19)28-14-5-1-11(2-6-14)20-15(22)9-27-16(23)10-26-13-7-3-12(4-8-13)21(24)25/h1-8,17H,9-10H2,(H,20,22). The van der Waals surface area contributed by atoms with Gasteiger partial charge in [-0.15, -0.1) is 0 Å². The number of nitrogens with zero attached hydrogens (tertiary/aromatic N) is 1. The molecule has 0 saturated carbocycles. The highest BCUT2D eigenvalue weighted by Crippen LogP contribution is 2.18. The zero-order valence-corrected chi connectivity index (χ0v) is 14.2. The third kappa shape index (κ3) is 6.86. The molecule has 2 rings (SSSR count). The van der Waals surface area contributed by atoms with Crippen molar-refractivity contribution in [1.82, 2.24) is 0 Å². The van der Waals surface area contributed by atoms with Crippen LogP contribution in [0.3, 0.4) is 0 Å². The minimum Gasteiger partial charge on any atom is -0.482 e. The van der Waals surface area contributed by atoms with Gasteiger partial charge in [-0.1, -0.05) is 0 Å². The number of halogens is 2. The molecule has 2 aromatic rings. The summed E-state index contributed by atoms with van der Waals surface area (Å²) in [5.41, 5.74) is 0.171. The number of nitro benzene ring substituents is 1. The van der Waals surface area contributed by atoms with Gasteiger partial charge in [-0.25, -0.2) is 4.79 Å². The second-order valence-electron chi connectivity index (χ2n) is 5.15. The second kappa shape index (κ2) is 9.80. The average Bonchev–Trinajstić information content (AvgIpc) is 2.66. The lowest BCUT2D eigenvalue weighted by Crippen LogP contribution is -2.23. The first-order valence-electron chi connectivity index (χ1n) is 7.71. The smallest absolute Gasteiger partial charge is 0.387 e. The quantitative estimate of drug-likeness (QED) is 0.393. The predicted molar refractivity (Wildman–Crippen MR) is 91.3 cm³/mol. The molecule has 1 amide bonds. The molecular formula is C17H14F2N2O7. The molecular weight excluding hydrogens is 382 g/mol. The van der Waals surface area contributed by atoms with Crippen LogP contribution in [0.15, 0.2) is 48.5 Å². The number of non-ortho nitro benzene ring substituents is 1. The molecule has 1 N–H and O–H groups in total. The molecule has 0 atom stereocenters. The minimum atomic E-state index is -2.95. The molecule has 0 bridgehead atoms. The SMILES string of the molecule is O=C(COC(=O)COc1ccc([N+](=O)[O-])cc1)Nc1ccc(OC(F)F)cc1. The highest BCUT2D eigenvalue weighted by molar-refractivity contribution is 5.92. The van der Waals surface area contributed by atoms with Gasteiger partial charge in [-0.05, 0) is 36.4 Å². The predicted octanol–water partition coefficient (Wildman–Crippen LogP) is 2.76. The molecule has 2 aromatic carbocycles. The summed E-state index contributed by atoms with van der Waals surface area (Å²) in [7, 11) is 0. The number of nitro groups is 1. The number of carbonyl (C=O) groups is 2. The maximum absolute atomic E-state index is 12.1. The van der Waals surface area contributed by atoms with E-state index >= 15 is 0 Å². The van der Waals surface area contributed by atoms with Gasteiger partial charge in [0.05, 0.1) is 4.92 Å². The number of hydrogen-bond donors (Lipinski definition) is 1. The number of carbonyl (C=O) groups excluding carboxylic acids is 2. The molecule has 0 aliphatic heterocycles. The van der Waals surface area contributed by atoms with Crippen LogP contribution < -0.4 is 14.8 Å². The molecule has 0 aliphatic rings. The molecule has 0 saturated heterocycles. The van der Waals surface area contributed by atoms with Crippen molar-refractivity contribution in [2.75, 3.05) is 18.5 Å². The Bertz CT molecular complexity index is 826. The van der Waals surface area contributed by atoms with Crippen molar-refractivity contribution in [2.45, 2.75) is 6.61 Å². The third-order valence-electron chi connectivity index (χ3n) is 3.13. The minimum absolute atomic E-state index is 0.0668. The molecule has 148 valence electrons. The van der Waals surface area contributed by atoms with Crippen molar-refractivity contribution in [3.05, 3.63) is 58.6 Å². The normalized spacial score (nSPS) is 10.2. The van der Waals surface area contributed by atoms with E-state index in [0.717, 1.165) is 0 Å². The lowest BCUT2D eigenvalue weighted by molar-refractivity contribution is -0.384. The molecule has 0 radical (unpaired) electrons. The van der Waals surface area contributed by atoms with Crippen molar-refractivity contribution in [3.63, 3.8) is 0 Å². The zero-order valence-electron chi connectivity index (χ0n) is 14.2. The molecule has 0 aliphatic carbocycles. The van der Waals surface area contributed by atoms with E-state index < -0.39 is 36.6 Å². The van der Waals surface area contributed by atoms with E-state index in [1.165, 1.54) is 48.5 Å². The summed E-state index contributed by atoms with van der Waals surface area (Å²) >= 11 is 0. The Morgan fingerprint density at radius 2 is 1.61 bits per heavy atom. The highest BCUT2D eigenvalue weighted by atomic mass is 19.3. The Balaban J connectivity index is 1.71. The summed E-state index contributed by atoms with van der Waals surface area (Å²) in [5, 5.41) is 12.9. The number of benzene rings is 2. The van der Waals surface area contributed by atoms with Crippen LogP contribution in [0.5, 0.6) is 11.5 Å². The van der Waals surface area contributed by atoms with E-state index in [4.69, 9.17) is 9.47 Å². The van der Waals surface area contributed by atoms with Crippen LogP contribution in [0.2, 0.25) is 0 Å². The van der Waals surface area contributed by atoms with Crippen LogP contribution in [0.1, 0.15) is 0 Å². The fourth-order valence-corrected chi connectivity index (χ4v) is 1.91. The summed E-state index contributed by atoms with van der Waals surface area (Å²) in [6.45, 7) is -4.03. The summed E-state index contributed by atoms with van der Waals surface area (Å²) in [5.74, 6) is -1.32. The fourth-order valence-electron chi connectivity index (χ4n) is 1.91. The Kier molecular flexibility index (Phi) is 7.20. The monoisotopic (exact) mass is 396 g/mol. The lowest BCUT2D eigenvalue weighted by atomic mass is 10.3. The van der Waals surface area contributed by atoms with Crippen LogP contribution in [0.25, 0.3) is 0 Å². The van der Waals surface area contributed by atoms with Gasteiger partial charge >= 0.3 is 12.6 Å². The van der Waals surface area contributed by atoms with Gasteiger partial charge in [0.1, 0.15) is 11.5 Å². The Labute approximate surface area is 157 Å². The fraction of sp³-hybridized carbons (Fsp3) is 0.176. The van der Waals surface area contributed by atoms with Gasteiger partial charge in [-0.2, -0.15) is 8.78 Å². The van der Waals surface area contributed by atoms with Gasteiger partial charge in [0.2, 0.25) is 0 Å². The number of hydrogen-bond acceptors (Lipinski definition) is 7. The van der Waals surface area contributed by atoms with Crippen LogP contribution in [0, 0.1) is 10.1 Å².